The van der Waals surface area contributed by atoms with Crippen LogP contribution in [0.5, 0.6) is 0 Å². The van der Waals surface area contributed by atoms with Gasteiger partial charge in [0.15, 0.2) is 4.33 Å². The fourth-order valence-electron chi connectivity index (χ4n) is 3.81. The summed E-state index contributed by atoms with van der Waals surface area (Å²) >= 11 is 38.6. The summed E-state index contributed by atoms with van der Waals surface area (Å²) in [4.78, 5) is -2.21. The summed E-state index contributed by atoms with van der Waals surface area (Å²) in [6.07, 6.45) is 1.06. The molecule has 0 N–H and O–H groups in total. The van der Waals surface area contributed by atoms with Crippen molar-refractivity contribution in [2.24, 2.45) is 11.8 Å². The van der Waals surface area contributed by atoms with Gasteiger partial charge in [-0.2, -0.15) is 0 Å². The van der Waals surface area contributed by atoms with Gasteiger partial charge in [0.05, 0.1) is 22.3 Å². The third kappa shape index (κ3) is 0.971. The summed E-state index contributed by atoms with van der Waals surface area (Å²) in [5.41, 5.74) is 0. The second-order valence-corrected chi connectivity index (χ2v) is 8.41. The van der Waals surface area contributed by atoms with E-state index in [-0.39, 0.29) is 29.1 Å². The zero-order valence-corrected chi connectivity index (χ0v) is 12.7. The van der Waals surface area contributed by atoms with E-state index in [9.17, 15) is 0 Å². The molecule has 3 aliphatic carbocycles. The number of halogens is 6. The molecule has 0 amide bonds. The highest BCUT2D eigenvalue weighted by molar-refractivity contribution is 6.65. The van der Waals surface area contributed by atoms with Crippen LogP contribution in [0.2, 0.25) is 0 Å². The van der Waals surface area contributed by atoms with Gasteiger partial charge in [-0.15, -0.1) is 23.2 Å². The van der Waals surface area contributed by atoms with E-state index in [4.69, 9.17) is 74.3 Å². The molecular formula is C10H6Cl6O. The summed E-state index contributed by atoms with van der Waals surface area (Å²) in [5.74, 6) is -0.0351. The lowest BCUT2D eigenvalue weighted by Crippen LogP contribution is -2.45. The Morgan fingerprint density at radius 1 is 1.00 bits per heavy atom. The summed E-state index contributed by atoms with van der Waals surface area (Å²) in [7, 11) is 0. The van der Waals surface area contributed by atoms with Gasteiger partial charge < -0.3 is 4.74 Å². The Morgan fingerprint density at radius 2 is 1.59 bits per heavy atom. The van der Waals surface area contributed by atoms with Crippen molar-refractivity contribution in [2.45, 2.75) is 32.7 Å². The topological polar surface area (TPSA) is 12.5 Å². The third-order valence-corrected chi connectivity index (χ3v) is 8.93. The van der Waals surface area contributed by atoms with E-state index >= 15 is 0 Å². The zero-order valence-electron chi connectivity index (χ0n) is 8.19. The van der Waals surface area contributed by atoms with Crippen molar-refractivity contribution in [3.63, 3.8) is 0 Å². The lowest BCUT2D eigenvalue weighted by molar-refractivity contribution is 0.200. The number of ether oxygens (including phenoxy) is 1. The van der Waals surface area contributed by atoms with Gasteiger partial charge in [0.25, 0.3) is 0 Å². The molecule has 6 atom stereocenters. The van der Waals surface area contributed by atoms with Gasteiger partial charge in [0.1, 0.15) is 9.75 Å². The van der Waals surface area contributed by atoms with Crippen LogP contribution in [0.1, 0.15) is 6.42 Å². The fraction of sp³-hybridized carbons (Fsp3) is 0.800. The molecule has 1 saturated heterocycles. The minimum atomic E-state index is -1.40. The van der Waals surface area contributed by atoms with Gasteiger partial charge in [0, 0.05) is 5.92 Å². The minimum absolute atomic E-state index is 0.0235. The number of allylic oxidation sites excluding steroid dienone is 2. The smallest absolute Gasteiger partial charge is 0.166 e. The molecular weight excluding hydrogens is 349 g/mol. The molecule has 0 aromatic heterocycles. The van der Waals surface area contributed by atoms with Crippen molar-refractivity contribution >= 4 is 69.6 Å². The van der Waals surface area contributed by atoms with Crippen LogP contribution < -0.4 is 0 Å². The molecule has 6 unspecified atom stereocenters. The molecule has 17 heavy (non-hydrogen) atoms. The number of rotatable bonds is 0. The van der Waals surface area contributed by atoms with E-state index in [0.29, 0.717) is 5.03 Å². The Balaban J connectivity index is 2.00. The molecule has 7 heteroatoms. The van der Waals surface area contributed by atoms with Gasteiger partial charge in [0.2, 0.25) is 0 Å². The number of epoxide rings is 1. The van der Waals surface area contributed by atoms with E-state index < -0.39 is 14.1 Å². The van der Waals surface area contributed by atoms with Crippen molar-refractivity contribution in [1.29, 1.82) is 0 Å². The summed E-state index contributed by atoms with van der Waals surface area (Å²) in [6.45, 7) is 0. The average Bonchev–Trinajstić information content (AvgIpc) is 2.88. The van der Waals surface area contributed by atoms with Crippen molar-refractivity contribution in [2.75, 3.05) is 0 Å². The van der Waals surface area contributed by atoms with E-state index in [1.54, 1.807) is 0 Å². The third-order valence-electron chi connectivity index (χ3n) is 4.61. The lowest BCUT2D eigenvalue weighted by atomic mass is 9.84. The predicted molar refractivity (Wildman–Crippen MR) is 70.6 cm³/mol. The van der Waals surface area contributed by atoms with Gasteiger partial charge in [-0.25, -0.2) is 0 Å². The Labute approximate surface area is 128 Å². The van der Waals surface area contributed by atoms with Crippen LogP contribution in [0.15, 0.2) is 10.1 Å². The quantitative estimate of drug-likeness (QED) is 0.468. The van der Waals surface area contributed by atoms with Gasteiger partial charge in [-0.1, -0.05) is 46.4 Å². The number of alkyl halides is 4. The van der Waals surface area contributed by atoms with Gasteiger partial charge in [-0.3, -0.25) is 0 Å². The van der Waals surface area contributed by atoms with Crippen LogP contribution in [0.25, 0.3) is 0 Å². The molecule has 1 heterocycles. The maximum Gasteiger partial charge on any atom is 0.166 e. The van der Waals surface area contributed by atoms with Crippen LogP contribution in [-0.2, 0) is 4.74 Å². The summed E-state index contributed by atoms with van der Waals surface area (Å²) in [6, 6.07) is 0. The van der Waals surface area contributed by atoms with E-state index in [1.165, 1.54) is 0 Å². The molecule has 2 bridgehead atoms. The maximum atomic E-state index is 6.64. The molecule has 3 fully saturated rings. The fourth-order valence-corrected chi connectivity index (χ4v) is 6.90. The van der Waals surface area contributed by atoms with Crippen molar-refractivity contribution < 1.29 is 4.74 Å². The van der Waals surface area contributed by atoms with E-state index in [0.717, 1.165) is 6.42 Å². The molecule has 4 rings (SSSR count). The number of hydrogen-bond acceptors (Lipinski definition) is 1. The Kier molecular flexibility index (Phi) is 2.17. The number of fused-ring (bicyclic) bond motifs is 7. The van der Waals surface area contributed by atoms with Crippen molar-refractivity contribution in [1.82, 2.24) is 0 Å². The predicted octanol–water partition coefficient (Wildman–Crippen LogP) is 4.24. The zero-order chi connectivity index (χ0) is 12.4. The highest BCUT2D eigenvalue weighted by atomic mass is 35.5. The van der Waals surface area contributed by atoms with Crippen LogP contribution in [0.3, 0.4) is 0 Å². The summed E-state index contributed by atoms with van der Waals surface area (Å²) in [5, 5.41) is 0.571. The van der Waals surface area contributed by atoms with E-state index in [2.05, 4.69) is 0 Å². The average molecular weight is 355 g/mol. The number of hydrogen-bond donors (Lipinski definition) is 0. The molecule has 94 valence electrons. The second kappa shape index (κ2) is 3.03. The molecule has 1 nitrogen and oxygen atoms in total. The Morgan fingerprint density at radius 3 is 2.24 bits per heavy atom. The monoisotopic (exact) mass is 352 g/mol. The SMILES string of the molecule is ClC1=C(Cl)C2(Cl)C3C4OC4CC3C1(Cl)C2(Cl)Cl. The highest BCUT2D eigenvalue weighted by Gasteiger charge is 2.87. The molecule has 0 radical (unpaired) electrons. The standard InChI is InChI=1S/C10H6Cl6O/c11-6-7(12)9(14)4-2(1-3-5(4)17-3)8(6,13)10(9,15)16/h2-5H,1H2. The van der Waals surface area contributed by atoms with E-state index in [1.807, 2.05) is 0 Å². The van der Waals surface area contributed by atoms with Crippen LogP contribution in [0.4, 0.5) is 0 Å². The van der Waals surface area contributed by atoms with Crippen LogP contribution >= 0.6 is 69.6 Å². The Bertz CT molecular complexity index is 475. The maximum absolute atomic E-state index is 6.64. The molecule has 4 aliphatic rings. The first-order chi connectivity index (χ1) is 7.78. The molecule has 0 aromatic rings. The Hall–Kier alpha value is 1.44. The van der Waals surface area contributed by atoms with Crippen LogP contribution in [0, 0.1) is 11.8 Å². The normalized spacial score (nSPS) is 61.8. The van der Waals surface area contributed by atoms with Crippen LogP contribution in [-0.4, -0.2) is 26.3 Å². The first kappa shape index (κ1) is 12.2. The van der Waals surface area contributed by atoms with Gasteiger partial charge in [-0.05, 0) is 12.3 Å². The van der Waals surface area contributed by atoms with Crippen molar-refractivity contribution in [3.05, 3.63) is 10.1 Å². The minimum Gasteiger partial charge on any atom is -0.369 e. The molecule has 0 spiro atoms. The van der Waals surface area contributed by atoms with Crippen molar-refractivity contribution in [3.8, 4) is 0 Å². The first-order valence-electron chi connectivity index (χ1n) is 5.25. The second-order valence-electron chi connectivity index (χ2n) is 5.13. The first-order valence-corrected chi connectivity index (χ1v) is 7.52. The molecule has 2 saturated carbocycles. The highest BCUT2D eigenvalue weighted by Crippen LogP contribution is 2.80. The largest absolute Gasteiger partial charge is 0.369 e. The summed E-state index contributed by atoms with van der Waals surface area (Å²) < 4.78 is 4.12. The molecule has 1 aliphatic heterocycles. The molecule has 0 aromatic carbocycles. The van der Waals surface area contributed by atoms with Gasteiger partial charge >= 0.3 is 0 Å². The lowest BCUT2D eigenvalue weighted by Gasteiger charge is -2.33.